The number of rotatable bonds is 3. The Kier molecular flexibility index (Phi) is 5.67. The second-order valence-corrected chi connectivity index (χ2v) is 7.31. The van der Waals surface area contributed by atoms with Crippen molar-refractivity contribution in [2.45, 2.75) is 70.1 Å². The van der Waals surface area contributed by atoms with E-state index in [0.29, 0.717) is 5.75 Å². The first-order chi connectivity index (χ1) is 7.47. The zero-order chi connectivity index (χ0) is 12.0. The number of carbonyl (C=O) groups excluding carboxylic acids is 1. The molecule has 0 aromatic carbocycles. The fraction of sp³-hybridized carbons (Fsp3) is 0.923. The van der Waals surface area contributed by atoms with Crippen LogP contribution in [0.5, 0.6) is 0 Å². The Hall–Kier alpha value is -0.180. The summed E-state index contributed by atoms with van der Waals surface area (Å²) in [4.78, 5) is 11.6. The number of thioether (sulfide) groups is 1. The molecule has 0 radical (unpaired) electrons. The second-order valence-electron chi connectivity index (χ2n) is 5.50. The van der Waals surface area contributed by atoms with Crippen LogP contribution in [0.1, 0.15) is 59.3 Å². The second kappa shape index (κ2) is 6.53. The smallest absolute Gasteiger partial charge is 0.316 e. The quantitative estimate of drug-likeness (QED) is 0.558. The largest absolute Gasteiger partial charge is 0.462 e. The van der Waals surface area contributed by atoms with Crippen LogP contribution in [-0.2, 0) is 9.53 Å². The van der Waals surface area contributed by atoms with Crippen molar-refractivity contribution in [3.63, 3.8) is 0 Å². The Morgan fingerprint density at radius 2 is 1.75 bits per heavy atom. The lowest BCUT2D eigenvalue weighted by molar-refractivity contribution is -0.146. The van der Waals surface area contributed by atoms with Gasteiger partial charge in [-0.3, -0.25) is 4.79 Å². The van der Waals surface area contributed by atoms with Crippen molar-refractivity contribution in [3.05, 3.63) is 0 Å². The topological polar surface area (TPSA) is 26.3 Å². The lowest BCUT2D eigenvalue weighted by Crippen LogP contribution is -2.21. The maximum absolute atomic E-state index is 11.6. The molecule has 1 aliphatic carbocycles. The number of hydrogen-bond donors (Lipinski definition) is 0. The third-order valence-electron chi connectivity index (χ3n) is 2.72. The van der Waals surface area contributed by atoms with E-state index < -0.39 is 0 Å². The average molecular weight is 244 g/mol. The van der Waals surface area contributed by atoms with Crippen LogP contribution in [0.3, 0.4) is 0 Å². The van der Waals surface area contributed by atoms with Gasteiger partial charge in [-0.05, 0) is 25.7 Å². The van der Waals surface area contributed by atoms with Crippen molar-refractivity contribution in [3.8, 4) is 0 Å². The molecule has 1 saturated carbocycles. The minimum absolute atomic E-state index is 0.0353. The summed E-state index contributed by atoms with van der Waals surface area (Å²) in [6.45, 7) is 6.36. The SMILES string of the molecule is CC(C)(C)SCC(=O)OC1CCCCCC1. The van der Waals surface area contributed by atoms with Crippen LogP contribution in [0.15, 0.2) is 0 Å². The van der Waals surface area contributed by atoms with E-state index in [4.69, 9.17) is 4.74 Å². The molecule has 1 rings (SSSR count). The summed E-state index contributed by atoms with van der Waals surface area (Å²) >= 11 is 1.66. The van der Waals surface area contributed by atoms with Gasteiger partial charge in [0.1, 0.15) is 6.10 Å². The molecular formula is C13H24O2S. The van der Waals surface area contributed by atoms with E-state index in [1.54, 1.807) is 11.8 Å². The van der Waals surface area contributed by atoms with Crippen LogP contribution < -0.4 is 0 Å². The van der Waals surface area contributed by atoms with Gasteiger partial charge in [0.15, 0.2) is 0 Å². The number of esters is 1. The van der Waals surface area contributed by atoms with E-state index in [9.17, 15) is 4.79 Å². The van der Waals surface area contributed by atoms with Crippen LogP contribution >= 0.6 is 11.8 Å². The Morgan fingerprint density at radius 1 is 1.19 bits per heavy atom. The molecule has 94 valence electrons. The highest BCUT2D eigenvalue weighted by Gasteiger charge is 2.19. The van der Waals surface area contributed by atoms with E-state index in [1.807, 2.05) is 0 Å². The minimum atomic E-state index is -0.0353. The van der Waals surface area contributed by atoms with Gasteiger partial charge in [0.2, 0.25) is 0 Å². The highest BCUT2D eigenvalue weighted by atomic mass is 32.2. The fourth-order valence-corrected chi connectivity index (χ4v) is 2.47. The molecule has 1 fully saturated rings. The third-order valence-corrected chi connectivity index (χ3v) is 3.97. The van der Waals surface area contributed by atoms with Gasteiger partial charge in [0.05, 0.1) is 5.75 Å². The first kappa shape index (κ1) is 13.9. The van der Waals surface area contributed by atoms with Crippen LogP contribution in [0.2, 0.25) is 0 Å². The lowest BCUT2D eigenvalue weighted by atomic mass is 10.1. The molecule has 0 aromatic heterocycles. The maximum atomic E-state index is 11.6. The summed E-state index contributed by atoms with van der Waals surface area (Å²) in [5.41, 5.74) is 0. The summed E-state index contributed by atoms with van der Waals surface area (Å²) in [6.07, 6.45) is 7.33. The fourth-order valence-electron chi connectivity index (χ4n) is 1.86. The minimum Gasteiger partial charge on any atom is -0.462 e. The van der Waals surface area contributed by atoms with Gasteiger partial charge in [0, 0.05) is 4.75 Å². The van der Waals surface area contributed by atoms with Crippen molar-refractivity contribution < 1.29 is 9.53 Å². The Labute approximate surface area is 104 Å². The van der Waals surface area contributed by atoms with E-state index in [-0.39, 0.29) is 16.8 Å². The van der Waals surface area contributed by atoms with Crippen molar-refractivity contribution in [2.75, 3.05) is 5.75 Å². The molecule has 0 N–H and O–H groups in total. The maximum Gasteiger partial charge on any atom is 0.316 e. The molecule has 1 aliphatic rings. The van der Waals surface area contributed by atoms with E-state index in [2.05, 4.69) is 20.8 Å². The highest BCUT2D eigenvalue weighted by Crippen LogP contribution is 2.24. The normalized spacial score (nSPS) is 19.2. The van der Waals surface area contributed by atoms with Gasteiger partial charge in [0.25, 0.3) is 0 Å². The molecule has 0 aliphatic heterocycles. The Balaban J connectivity index is 2.22. The van der Waals surface area contributed by atoms with E-state index in [1.165, 1.54) is 25.7 Å². The van der Waals surface area contributed by atoms with Crippen molar-refractivity contribution >= 4 is 17.7 Å². The van der Waals surface area contributed by atoms with Crippen LogP contribution in [-0.4, -0.2) is 22.6 Å². The molecule has 0 saturated heterocycles. The highest BCUT2D eigenvalue weighted by molar-refractivity contribution is 8.01. The Morgan fingerprint density at radius 3 is 2.25 bits per heavy atom. The van der Waals surface area contributed by atoms with Gasteiger partial charge in [-0.1, -0.05) is 33.6 Å². The molecule has 3 heteroatoms. The van der Waals surface area contributed by atoms with Crippen molar-refractivity contribution in [1.29, 1.82) is 0 Å². The molecule has 0 atom stereocenters. The van der Waals surface area contributed by atoms with Crippen LogP contribution in [0.4, 0.5) is 0 Å². The molecular weight excluding hydrogens is 220 g/mol. The molecule has 0 aromatic rings. The zero-order valence-electron chi connectivity index (χ0n) is 10.8. The number of ether oxygens (including phenoxy) is 1. The standard InChI is InChI=1S/C13H24O2S/c1-13(2,3)16-10-12(14)15-11-8-6-4-5-7-9-11/h11H,4-10H2,1-3H3. The Bertz CT molecular complexity index is 212. The zero-order valence-corrected chi connectivity index (χ0v) is 11.6. The third kappa shape index (κ3) is 6.41. The van der Waals surface area contributed by atoms with Gasteiger partial charge in [-0.25, -0.2) is 0 Å². The molecule has 2 nitrogen and oxygen atoms in total. The molecule has 0 amide bonds. The summed E-state index contributed by atoms with van der Waals surface area (Å²) in [7, 11) is 0. The first-order valence-electron chi connectivity index (χ1n) is 6.31. The summed E-state index contributed by atoms with van der Waals surface area (Å²) < 4.78 is 5.65. The average Bonchev–Trinajstić information content (AvgIpc) is 2.42. The van der Waals surface area contributed by atoms with Crippen LogP contribution in [0, 0.1) is 0 Å². The molecule has 16 heavy (non-hydrogen) atoms. The molecule has 0 bridgehead atoms. The van der Waals surface area contributed by atoms with Crippen LogP contribution in [0.25, 0.3) is 0 Å². The molecule has 0 heterocycles. The van der Waals surface area contributed by atoms with Gasteiger partial charge in [-0.15, -0.1) is 11.8 Å². The summed E-state index contributed by atoms with van der Waals surface area (Å²) in [5, 5.41) is 0. The van der Waals surface area contributed by atoms with Crippen molar-refractivity contribution in [1.82, 2.24) is 0 Å². The van der Waals surface area contributed by atoms with E-state index >= 15 is 0 Å². The summed E-state index contributed by atoms with van der Waals surface area (Å²) in [6, 6.07) is 0. The number of hydrogen-bond acceptors (Lipinski definition) is 3. The molecule has 0 unspecified atom stereocenters. The molecule has 0 spiro atoms. The van der Waals surface area contributed by atoms with Crippen molar-refractivity contribution in [2.24, 2.45) is 0 Å². The predicted molar refractivity (Wildman–Crippen MR) is 69.8 cm³/mol. The number of carbonyl (C=O) groups is 1. The first-order valence-corrected chi connectivity index (χ1v) is 7.29. The summed E-state index contributed by atoms with van der Waals surface area (Å²) in [5.74, 6) is 0.451. The van der Waals surface area contributed by atoms with Gasteiger partial charge in [-0.2, -0.15) is 0 Å². The van der Waals surface area contributed by atoms with Gasteiger partial charge < -0.3 is 4.74 Å². The monoisotopic (exact) mass is 244 g/mol. The van der Waals surface area contributed by atoms with Gasteiger partial charge >= 0.3 is 5.97 Å². The lowest BCUT2D eigenvalue weighted by Gasteiger charge is -2.19. The van der Waals surface area contributed by atoms with E-state index in [0.717, 1.165) is 12.8 Å². The predicted octanol–water partition coefficient (Wildman–Crippen LogP) is 3.78.